The van der Waals surface area contributed by atoms with Crippen LogP contribution in [-0.4, -0.2) is 68.8 Å². The average molecular weight is 537 g/mol. The number of thiazole rings is 1. The predicted octanol–water partition coefficient (Wildman–Crippen LogP) is 4.66. The molecule has 0 bridgehead atoms. The molecule has 1 amide bonds. The highest BCUT2D eigenvalue weighted by Crippen LogP contribution is 2.31. The number of sulfonamides is 1. The van der Waals surface area contributed by atoms with Crippen molar-refractivity contribution in [1.82, 2.24) is 14.2 Å². The summed E-state index contributed by atoms with van der Waals surface area (Å²) >= 11 is 1.52. The maximum Gasteiger partial charge on any atom is 0.260 e. The van der Waals surface area contributed by atoms with Gasteiger partial charge in [-0.05, 0) is 88.3 Å². The van der Waals surface area contributed by atoms with Crippen LogP contribution in [-0.2, 0) is 16.4 Å². The average Bonchev–Trinajstić information content (AvgIpc) is 3.51. The summed E-state index contributed by atoms with van der Waals surface area (Å²) in [6.07, 6.45) is 3.52. The van der Waals surface area contributed by atoms with Crippen molar-refractivity contribution in [2.45, 2.75) is 37.5 Å². The Bertz CT molecular complexity index is 1250. The second kappa shape index (κ2) is 11.8. The number of carbonyl (C=O) groups is 1. The SMILES string of the molecule is CCc1ccc2nc(N(CCCN(C)C)C(=O)c3ccc(S(=O)(=O)N4CCCC4)cc3)sc2c1.Cl. The van der Waals surface area contributed by atoms with Crippen LogP contribution in [0.25, 0.3) is 10.2 Å². The van der Waals surface area contributed by atoms with E-state index in [9.17, 15) is 13.2 Å². The Balaban J connectivity index is 0.00000342. The van der Waals surface area contributed by atoms with Crippen molar-refractivity contribution in [2.24, 2.45) is 0 Å². The van der Waals surface area contributed by atoms with Crippen molar-refractivity contribution >= 4 is 55.0 Å². The van der Waals surface area contributed by atoms with E-state index in [1.54, 1.807) is 29.2 Å². The summed E-state index contributed by atoms with van der Waals surface area (Å²) in [4.78, 5) is 22.4. The van der Waals surface area contributed by atoms with E-state index in [-0.39, 0.29) is 23.2 Å². The molecular weight excluding hydrogens is 504 g/mol. The van der Waals surface area contributed by atoms with Crippen LogP contribution < -0.4 is 4.90 Å². The van der Waals surface area contributed by atoms with Gasteiger partial charge in [-0.15, -0.1) is 12.4 Å². The molecule has 190 valence electrons. The maximum atomic E-state index is 13.6. The van der Waals surface area contributed by atoms with Gasteiger partial charge in [-0.1, -0.05) is 24.3 Å². The fourth-order valence-electron chi connectivity index (χ4n) is 4.12. The zero-order chi connectivity index (χ0) is 24.3. The van der Waals surface area contributed by atoms with E-state index in [2.05, 4.69) is 24.0 Å². The summed E-state index contributed by atoms with van der Waals surface area (Å²) in [6, 6.07) is 12.5. The Hall–Kier alpha value is -2.04. The minimum absolute atomic E-state index is 0. The number of carbonyl (C=O) groups excluding carboxylic acids is 1. The number of nitrogens with zero attached hydrogens (tertiary/aromatic N) is 4. The number of anilines is 1. The number of rotatable bonds is 9. The number of amides is 1. The van der Waals surface area contributed by atoms with Gasteiger partial charge in [-0.2, -0.15) is 4.31 Å². The molecular formula is C25H33ClN4O3S2. The molecule has 2 heterocycles. The van der Waals surface area contributed by atoms with Crippen molar-refractivity contribution in [3.8, 4) is 0 Å². The molecule has 1 aliphatic heterocycles. The standard InChI is InChI=1S/C25H32N4O3S2.ClH/c1-4-19-8-13-22-23(18-19)33-25(26-22)29(17-7-14-27(2)3)24(30)20-9-11-21(12-10-20)34(31,32)28-15-5-6-16-28;/h8-13,18H,4-7,14-17H2,1-3H3;1H. The van der Waals surface area contributed by atoms with E-state index in [0.29, 0.717) is 30.3 Å². The summed E-state index contributed by atoms with van der Waals surface area (Å²) in [5.41, 5.74) is 2.58. The highest BCUT2D eigenvalue weighted by molar-refractivity contribution is 7.89. The molecule has 4 rings (SSSR count). The van der Waals surface area contributed by atoms with E-state index in [1.165, 1.54) is 21.2 Å². The third-order valence-corrected chi connectivity index (χ3v) is 9.07. The molecule has 1 fully saturated rings. The number of fused-ring (bicyclic) bond motifs is 1. The van der Waals surface area contributed by atoms with Gasteiger partial charge >= 0.3 is 0 Å². The van der Waals surface area contributed by atoms with Crippen LogP contribution in [0.1, 0.15) is 42.1 Å². The van der Waals surface area contributed by atoms with Gasteiger partial charge in [0.25, 0.3) is 5.91 Å². The molecule has 1 saturated heterocycles. The van der Waals surface area contributed by atoms with Gasteiger partial charge in [0.15, 0.2) is 5.13 Å². The van der Waals surface area contributed by atoms with Crippen molar-refractivity contribution in [1.29, 1.82) is 0 Å². The predicted molar refractivity (Wildman–Crippen MR) is 146 cm³/mol. The topological polar surface area (TPSA) is 73.8 Å². The van der Waals surface area contributed by atoms with Gasteiger partial charge in [0.2, 0.25) is 10.0 Å². The molecule has 7 nitrogen and oxygen atoms in total. The molecule has 0 aliphatic carbocycles. The second-order valence-corrected chi connectivity index (χ2v) is 11.8. The lowest BCUT2D eigenvalue weighted by Gasteiger charge is -2.21. The zero-order valence-corrected chi connectivity index (χ0v) is 22.9. The van der Waals surface area contributed by atoms with Crippen LogP contribution in [0.2, 0.25) is 0 Å². The van der Waals surface area contributed by atoms with E-state index < -0.39 is 10.0 Å². The summed E-state index contributed by atoms with van der Waals surface area (Å²) in [5, 5.41) is 0.667. The molecule has 10 heteroatoms. The second-order valence-electron chi connectivity index (χ2n) is 8.90. The Morgan fingerprint density at radius 1 is 1.06 bits per heavy atom. The Kier molecular flexibility index (Phi) is 9.28. The molecule has 35 heavy (non-hydrogen) atoms. The van der Waals surface area contributed by atoms with Crippen molar-refractivity contribution in [3.63, 3.8) is 0 Å². The molecule has 0 radical (unpaired) electrons. The molecule has 0 saturated carbocycles. The van der Waals surface area contributed by atoms with Crippen LogP contribution in [0.15, 0.2) is 47.4 Å². The van der Waals surface area contributed by atoms with Crippen LogP contribution in [0.5, 0.6) is 0 Å². The summed E-state index contributed by atoms with van der Waals surface area (Å²) in [7, 11) is 0.511. The molecule has 0 N–H and O–H groups in total. The molecule has 0 spiro atoms. The molecule has 0 unspecified atom stereocenters. The Labute approximate surface area is 218 Å². The number of hydrogen-bond acceptors (Lipinski definition) is 6. The van der Waals surface area contributed by atoms with E-state index >= 15 is 0 Å². The van der Waals surface area contributed by atoms with Gasteiger partial charge in [-0.3, -0.25) is 9.69 Å². The number of hydrogen-bond donors (Lipinski definition) is 0. The third kappa shape index (κ3) is 6.21. The summed E-state index contributed by atoms with van der Waals surface area (Å²) in [5.74, 6) is -0.168. The van der Waals surface area contributed by atoms with Crippen molar-refractivity contribution < 1.29 is 13.2 Å². The number of aryl methyl sites for hydroxylation is 1. The Morgan fingerprint density at radius 3 is 2.37 bits per heavy atom. The molecule has 1 aliphatic rings. The van der Waals surface area contributed by atoms with Crippen molar-refractivity contribution in [3.05, 3.63) is 53.6 Å². The summed E-state index contributed by atoms with van der Waals surface area (Å²) in [6.45, 7) is 4.61. The van der Waals surface area contributed by atoms with E-state index in [0.717, 1.165) is 42.4 Å². The lowest BCUT2D eigenvalue weighted by Crippen LogP contribution is -2.33. The van der Waals surface area contributed by atoms with Gasteiger partial charge < -0.3 is 4.90 Å². The first-order valence-electron chi connectivity index (χ1n) is 11.8. The van der Waals surface area contributed by atoms with E-state index in [1.807, 2.05) is 20.2 Å². The molecule has 2 aromatic carbocycles. The monoisotopic (exact) mass is 536 g/mol. The first kappa shape index (κ1) is 27.5. The van der Waals surface area contributed by atoms with Crippen LogP contribution in [0.3, 0.4) is 0 Å². The normalized spacial score (nSPS) is 14.4. The van der Waals surface area contributed by atoms with Gasteiger partial charge in [0.1, 0.15) is 0 Å². The van der Waals surface area contributed by atoms with Crippen LogP contribution in [0, 0.1) is 0 Å². The summed E-state index contributed by atoms with van der Waals surface area (Å²) < 4.78 is 28.3. The lowest BCUT2D eigenvalue weighted by molar-refractivity contribution is 0.0986. The first-order valence-corrected chi connectivity index (χ1v) is 14.0. The lowest BCUT2D eigenvalue weighted by atomic mass is 10.2. The largest absolute Gasteiger partial charge is 0.309 e. The fourth-order valence-corrected chi connectivity index (χ4v) is 6.69. The fraction of sp³-hybridized carbons (Fsp3) is 0.440. The zero-order valence-electron chi connectivity index (χ0n) is 20.4. The number of halogens is 1. The molecule has 3 aromatic rings. The van der Waals surface area contributed by atoms with Crippen LogP contribution in [0.4, 0.5) is 5.13 Å². The minimum Gasteiger partial charge on any atom is -0.309 e. The maximum absolute atomic E-state index is 13.6. The van der Waals surface area contributed by atoms with Gasteiger partial charge in [-0.25, -0.2) is 13.4 Å². The molecule has 1 aromatic heterocycles. The Morgan fingerprint density at radius 2 is 1.74 bits per heavy atom. The van der Waals surface area contributed by atoms with Crippen molar-refractivity contribution in [2.75, 3.05) is 45.2 Å². The third-order valence-electron chi connectivity index (χ3n) is 6.12. The number of aromatic nitrogens is 1. The number of benzene rings is 2. The van der Waals surface area contributed by atoms with Gasteiger partial charge in [0, 0.05) is 25.2 Å². The van der Waals surface area contributed by atoms with Gasteiger partial charge in [0.05, 0.1) is 15.1 Å². The van der Waals surface area contributed by atoms with E-state index in [4.69, 9.17) is 4.98 Å². The highest BCUT2D eigenvalue weighted by atomic mass is 35.5. The quantitative estimate of drug-likeness (QED) is 0.397. The molecule has 0 atom stereocenters. The van der Waals surface area contributed by atoms with Crippen LogP contribution >= 0.6 is 23.7 Å². The smallest absolute Gasteiger partial charge is 0.260 e. The highest BCUT2D eigenvalue weighted by Gasteiger charge is 2.28. The minimum atomic E-state index is -3.51. The first-order chi connectivity index (χ1) is 16.3.